The molecule has 0 bridgehead atoms. The molecule has 3 rings (SSSR count). The molecule has 2 N–H and O–H groups in total. The number of aromatic nitrogens is 1. The summed E-state index contributed by atoms with van der Waals surface area (Å²) in [6, 6.07) is 7.64. The zero-order valence-electron chi connectivity index (χ0n) is 16.8. The lowest BCUT2D eigenvalue weighted by Crippen LogP contribution is -2.15. The van der Waals surface area contributed by atoms with Crippen LogP contribution in [0.25, 0.3) is 11.1 Å². The molecule has 1 aromatic carbocycles. The number of benzene rings is 1. The van der Waals surface area contributed by atoms with Crippen LogP contribution >= 0.6 is 0 Å². The van der Waals surface area contributed by atoms with Crippen molar-refractivity contribution in [1.82, 2.24) is 4.98 Å². The Morgan fingerprint density at radius 2 is 1.97 bits per heavy atom. The maximum Gasteiger partial charge on any atom is 0.344 e. The number of nitrogen functional groups attached to an aromatic ring is 1. The minimum Gasteiger partial charge on any atom is -0.490 e. The first-order valence-electron chi connectivity index (χ1n) is 9.85. The van der Waals surface area contributed by atoms with E-state index in [0.29, 0.717) is 30.3 Å². The van der Waals surface area contributed by atoms with Crippen LogP contribution in [0.5, 0.6) is 11.5 Å². The first-order valence-corrected chi connectivity index (χ1v) is 9.85. The van der Waals surface area contributed by atoms with E-state index in [1.807, 2.05) is 19.1 Å². The largest absolute Gasteiger partial charge is 0.490 e. The van der Waals surface area contributed by atoms with Crippen molar-refractivity contribution in [3.05, 3.63) is 35.0 Å². The van der Waals surface area contributed by atoms with Crippen LogP contribution in [0, 0.1) is 11.3 Å². The van der Waals surface area contributed by atoms with Gasteiger partial charge in [0, 0.05) is 11.3 Å². The molecular weight excluding hydrogens is 370 g/mol. The van der Waals surface area contributed by atoms with Gasteiger partial charge in [0.05, 0.1) is 13.2 Å². The van der Waals surface area contributed by atoms with E-state index in [2.05, 4.69) is 11.1 Å². The molecular formula is C22H25N3O4. The van der Waals surface area contributed by atoms with E-state index >= 15 is 0 Å². The highest BCUT2D eigenvalue weighted by molar-refractivity contribution is 5.80. The Balaban J connectivity index is 2.03. The molecule has 7 nitrogen and oxygen atoms in total. The summed E-state index contributed by atoms with van der Waals surface area (Å²) < 4.78 is 16.2. The quantitative estimate of drug-likeness (QED) is 0.716. The standard InChI is InChI=1S/C22H25N3O4/c1-3-27-19-11-14(9-10-18(19)29-13-20(26)28-4-2)21-15-7-5-6-8-17(15)25-22(24)16(21)12-23/h9-11H,3-8,13H2,1-2H3,(H2,24,25). The maximum absolute atomic E-state index is 11.6. The van der Waals surface area contributed by atoms with E-state index in [9.17, 15) is 10.1 Å². The van der Waals surface area contributed by atoms with Gasteiger partial charge in [0.25, 0.3) is 0 Å². The number of nitrogens with two attached hydrogens (primary N) is 1. The topological polar surface area (TPSA) is 107 Å². The summed E-state index contributed by atoms with van der Waals surface area (Å²) in [4.78, 5) is 16.1. The molecule has 0 unspecified atom stereocenters. The Morgan fingerprint density at radius 3 is 2.69 bits per heavy atom. The van der Waals surface area contributed by atoms with Crippen molar-refractivity contribution in [2.45, 2.75) is 39.5 Å². The lowest BCUT2D eigenvalue weighted by atomic mass is 9.86. The number of nitrogens with zero attached hydrogens (tertiary/aromatic N) is 2. The van der Waals surface area contributed by atoms with E-state index in [-0.39, 0.29) is 12.4 Å². The summed E-state index contributed by atoms with van der Waals surface area (Å²) in [7, 11) is 0. The van der Waals surface area contributed by atoms with Crippen LogP contribution in [0.3, 0.4) is 0 Å². The number of carbonyl (C=O) groups is 1. The average molecular weight is 395 g/mol. The van der Waals surface area contributed by atoms with E-state index in [1.165, 1.54) is 0 Å². The van der Waals surface area contributed by atoms with Crippen LogP contribution in [0.1, 0.15) is 43.5 Å². The first kappa shape index (κ1) is 20.5. The van der Waals surface area contributed by atoms with Gasteiger partial charge in [-0.1, -0.05) is 6.07 Å². The minimum atomic E-state index is -0.443. The third kappa shape index (κ3) is 4.43. The number of ether oxygens (including phenoxy) is 3. The van der Waals surface area contributed by atoms with Gasteiger partial charge in [-0.15, -0.1) is 0 Å². The molecule has 0 spiro atoms. The number of hydrogen-bond acceptors (Lipinski definition) is 7. The van der Waals surface area contributed by atoms with Gasteiger partial charge in [0.15, 0.2) is 18.1 Å². The van der Waals surface area contributed by atoms with Gasteiger partial charge in [-0.05, 0) is 62.8 Å². The number of fused-ring (bicyclic) bond motifs is 1. The molecule has 7 heteroatoms. The summed E-state index contributed by atoms with van der Waals surface area (Å²) in [5.74, 6) is 0.752. The third-order valence-electron chi connectivity index (χ3n) is 4.80. The lowest BCUT2D eigenvalue weighted by molar-refractivity contribution is -0.145. The van der Waals surface area contributed by atoms with Crippen molar-refractivity contribution in [3.63, 3.8) is 0 Å². The Hall–Kier alpha value is -3.27. The fraction of sp³-hybridized carbons (Fsp3) is 0.409. The van der Waals surface area contributed by atoms with Gasteiger partial charge in [-0.25, -0.2) is 9.78 Å². The zero-order chi connectivity index (χ0) is 20.8. The number of esters is 1. The summed E-state index contributed by atoms with van der Waals surface area (Å²) in [6.07, 6.45) is 3.83. The normalized spacial score (nSPS) is 12.6. The molecule has 0 amide bonds. The number of aryl methyl sites for hydroxylation is 1. The molecule has 2 aromatic rings. The second kappa shape index (κ2) is 9.28. The summed E-state index contributed by atoms with van der Waals surface area (Å²) >= 11 is 0. The van der Waals surface area contributed by atoms with Crippen molar-refractivity contribution in [3.8, 4) is 28.7 Å². The van der Waals surface area contributed by atoms with Gasteiger partial charge >= 0.3 is 5.97 Å². The molecule has 29 heavy (non-hydrogen) atoms. The van der Waals surface area contributed by atoms with Gasteiger partial charge < -0.3 is 19.9 Å². The first-order chi connectivity index (χ1) is 14.1. The van der Waals surface area contributed by atoms with Crippen molar-refractivity contribution in [2.75, 3.05) is 25.6 Å². The predicted octanol–water partition coefficient (Wildman–Crippen LogP) is 3.42. The van der Waals surface area contributed by atoms with Crippen molar-refractivity contribution in [1.29, 1.82) is 5.26 Å². The monoisotopic (exact) mass is 395 g/mol. The van der Waals surface area contributed by atoms with Gasteiger partial charge in [0.2, 0.25) is 0 Å². The third-order valence-corrected chi connectivity index (χ3v) is 4.80. The predicted molar refractivity (Wildman–Crippen MR) is 109 cm³/mol. The fourth-order valence-corrected chi connectivity index (χ4v) is 3.58. The van der Waals surface area contributed by atoms with Crippen molar-refractivity contribution in [2.24, 2.45) is 0 Å². The Kier molecular flexibility index (Phi) is 6.55. The molecule has 0 fully saturated rings. The van der Waals surface area contributed by atoms with Crippen molar-refractivity contribution < 1.29 is 19.0 Å². The number of anilines is 1. The van der Waals surface area contributed by atoms with Gasteiger partial charge in [-0.2, -0.15) is 5.26 Å². The molecule has 1 aliphatic rings. The maximum atomic E-state index is 11.6. The van der Waals surface area contributed by atoms with Gasteiger partial charge in [-0.3, -0.25) is 0 Å². The number of nitriles is 1. The molecule has 0 saturated heterocycles. The van der Waals surface area contributed by atoms with E-state index in [0.717, 1.165) is 48.1 Å². The second-order valence-electron chi connectivity index (χ2n) is 6.68. The zero-order valence-corrected chi connectivity index (χ0v) is 16.8. The Morgan fingerprint density at radius 1 is 1.17 bits per heavy atom. The number of hydrogen-bond donors (Lipinski definition) is 1. The van der Waals surface area contributed by atoms with Crippen LogP contribution in [-0.2, 0) is 22.4 Å². The van der Waals surface area contributed by atoms with E-state index in [1.54, 1.807) is 13.0 Å². The van der Waals surface area contributed by atoms with Crippen LogP contribution < -0.4 is 15.2 Å². The molecule has 152 valence electrons. The number of carbonyl (C=O) groups excluding carboxylic acids is 1. The smallest absolute Gasteiger partial charge is 0.344 e. The fourth-order valence-electron chi connectivity index (χ4n) is 3.58. The molecule has 0 atom stereocenters. The Labute approximate surface area is 170 Å². The number of rotatable bonds is 7. The van der Waals surface area contributed by atoms with Crippen LogP contribution in [0.4, 0.5) is 5.82 Å². The molecule has 0 radical (unpaired) electrons. The van der Waals surface area contributed by atoms with Crippen molar-refractivity contribution >= 4 is 11.8 Å². The summed E-state index contributed by atoms with van der Waals surface area (Å²) in [5.41, 5.74) is 10.1. The SMILES string of the molecule is CCOC(=O)COc1ccc(-c2c(C#N)c(N)nc3c2CCCC3)cc1OCC. The molecule has 1 aromatic heterocycles. The minimum absolute atomic E-state index is 0.200. The lowest BCUT2D eigenvalue weighted by Gasteiger charge is -2.21. The summed E-state index contributed by atoms with van der Waals surface area (Å²) in [6.45, 7) is 4.14. The van der Waals surface area contributed by atoms with Crippen LogP contribution in [-0.4, -0.2) is 30.8 Å². The van der Waals surface area contributed by atoms with E-state index in [4.69, 9.17) is 19.9 Å². The molecule has 0 saturated carbocycles. The van der Waals surface area contributed by atoms with Gasteiger partial charge in [0.1, 0.15) is 17.5 Å². The Bertz CT molecular complexity index is 950. The highest BCUT2D eigenvalue weighted by Crippen LogP contribution is 2.39. The average Bonchev–Trinajstić information content (AvgIpc) is 2.72. The molecule has 1 aliphatic carbocycles. The van der Waals surface area contributed by atoms with Crippen LogP contribution in [0.2, 0.25) is 0 Å². The van der Waals surface area contributed by atoms with Crippen LogP contribution in [0.15, 0.2) is 18.2 Å². The molecule has 0 aliphatic heterocycles. The highest BCUT2D eigenvalue weighted by Gasteiger charge is 2.23. The number of pyridine rings is 1. The highest BCUT2D eigenvalue weighted by atomic mass is 16.6. The summed E-state index contributed by atoms with van der Waals surface area (Å²) in [5, 5.41) is 9.71. The molecule has 1 heterocycles. The second-order valence-corrected chi connectivity index (χ2v) is 6.68. The van der Waals surface area contributed by atoms with E-state index < -0.39 is 5.97 Å².